The minimum Gasteiger partial charge on any atom is -0.265 e. The first kappa shape index (κ1) is 26.1. The number of aryl methyl sites for hydroxylation is 1. The van der Waals surface area contributed by atoms with E-state index < -0.39 is 0 Å². The third-order valence-corrected chi connectivity index (χ3v) is 7.45. The Kier molecular flexibility index (Phi) is 7.04. The first-order valence-corrected chi connectivity index (χ1v) is 14.1. The molecule has 0 aliphatic heterocycles. The van der Waals surface area contributed by atoms with Crippen molar-refractivity contribution in [2.75, 3.05) is 0 Å². The van der Waals surface area contributed by atoms with Crippen LogP contribution in [-0.4, -0.2) is 24.9 Å². The van der Waals surface area contributed by atoms with Crippen LogP contribution < -0.4 is 0 Å². The maximum atomic E-state index is 4.92. The number of rotatable bonds is 6. The molecule has 0 spiro atoms. The van der Waals surface area contributed by atoms with Crippen LogP contribution in [0.1, 0.15) is 5.82 Å². The van der Waals surface area contributed by atoms with E-state index in [0.717, 1.165) is 55.6 Å². The molecule has 0 saturated carbocycles. The molecule has 43 heavy (non-hydrogen) atoms. The maximum absolute atomic E-state index is 4.92. The van der Waals surface area contributed by atoms with E-state index in [4.69, 9.17) is 15.0 Å². The van der Waals surface area contributed by atoms with Crippen molar-refractivity contribution in [2.24, 2.45) is 0 Å². The Morgan fingerprint density at radius 1 is 0.326 bits per heavy atom. The van der Waals surface area contributed by atoms with Gasteiger partial charge in [-0.25, -0.2) is 15.0 Å². The van der Waals surface area contributed by atoms with Crippen LogP contribution in [0.3, 0.4) is 0 Å². The lowest BCUT2D eigenvalue weighted by Gasteiger charge is -2.10. The lowest BCUT2D eigenvalue weighted by atomic mass is 9.99. The summed E-state index contributed by atoms with van der Waals surface area (Å²) in [5.41, 5.74) is 11.0. The largest absolute Gasteiger partial charge is 0.265 e. The second-order valence-electron chi connectivity index (χ2n) is 10.3. The van der Waals surface area contributed by atoms with E-state index in [1.807, 2.05) is 68.1 Å². The zero-order valence-corrected chi connectivity index (χ0v) is 23.6. The van der Waals surface area contributed by atoms with E-state index >= 15 is 0 Å². The fraction of sp³-hybridized carbons (Fsp3) is 0.0263. The number of aromatic nitrogens is 5. The summed E-state index contributed by atoms with van der Waals surface area (Å²) in [4.78, 5) is 22.6. The van der Waals surface area contributed by atoms with Crippen LogP contribution in [0.2, 0.25) is 0 Å². The molecule has 7 rings (SSSR count). The molecule has 5 nitrogen and oxygen atoms in total. The van der Waals surface area contributed by atoms with Crippen LogP contribution in [0.5, 0.6) is 0 Å². The van der Waals surface area contributed by atoms with Crippen molar-refractivity contribution in [2.45, 2.75) is 6.92 Å². The molecule has 204 valence electrons. The van der Waals surface area contributed by atoms with Gasteiger partial charge in [-0.15, -0.1) is 0 Å². The van der Waals surface area contributed by atoms with Gasteiger partial charge in [-0.1, -0.05) is 84.9 Å². The Morgan fingerprint density at radius 3 is 1.05 bits per heavy atom. The van der Waals surface area contributed by atoms with Crippen LogP contribution in [0.25, 0.3) is 67.3 Å². The summed E-state index contributed by atoms with van der Waals surface area (Å²) in [7, 11) is 0. The van der Waals surface area contributed by atoms with Gasteiger partial charge in [-0.3, -0.25) is 9.97 Å². The molecule has 0 aliphatic rings. The Bertz CT molecular complexity index is 1860. The molecule has 0 saturated heterocycles. The van der Waals surface area contributed by atoms with E-state index in [1.54, 1.807) is 0 Å². The molecule has 0 radical (unpaired) electrons. The van der Waals surface area contributed by atoms with E-state index in [9.17, 15) is 0 Å². The van der Waals surface area contributed by atoms with Crippen molar-refractivity contribution in [3.05, 3.63) is 152 Å². The minimum absolute atomic E-state index is 0.657. The molecule has 7 aromatic rings. The van der Waals surface area contributed by atoms with Gasteiger partial charge in [-0.2, -0.15) is 0 Å². The number of hydrogen-bond donors (Lipinski definition) is 0. The second kappa shape index (κ2) is 11.6. The van der Waals surface area contributed by atoms with Crippen molar-refractivity contribution >= 4 is 0 Å². The van der Waals surface area contributed by atoms with Crippen molar-refractivity contribution in [1.29, 1.82) is 0 Å². The van der Waals surface area contributed by atoms with Gasteiger partial charge in [0.1, 0.15) is 5.82 Å². The summed E-state index contributed by atoms with van der Waals surface area (Å²) in [5.74, 6) is 1.99. The first-order valence-electron chi connectivity index (χ1n) is 14.1. The maximum Gasteiger partial charge on any atom is 0.163 e. The number of pyridine rings is 2. The highest BCUT2D eigenvalue weighted by Gasteiger charge is 2.11. The summed E-state index contributed by atoms with van der Waals surface area (Å²) in [6, 6.07) is 41.9. The summed E-state index contributed by atoms with van der Waals surface area (Å²) < 4.78 is 0. The molecule has 0 bridgehead atoms. The SMILES string of the molecule is Cc1nc(-c2cccc(-c3ccc(-c4ccncc4)cc3)c2)nc(-c2cccc(-c3ccc(-c4ccncc4)cc3)c2)n1. The zero-order chi connectivity index (χ0) is 29.0. The third kappa shape index (κ3) is 5.69. The molecule has 0 atom stereocenters. The molecule has 3 aromatic heterocycles. The predicted molar refractivity (Wildman–Crippen MR) is 173 cm³/mol. The lowest BCUT2D eigenvalue weighted by molar-refractivity contribution is 0.992. The third-order valence-electron chi connectivity index (χ3n) is 7.45. The van der Waals surface area contributed by atoms with E-state index in [0.29, 0.717) is 17.5 Å². The highest BCUT2D eigenvalue weighted by molar-refractivity contribution is 5.76. The topological polar surface area (TPSA) is 64.5 Å². The van der Waals surface area contributed by atoms with Gasteiger partial charge >= 0.3 is 0 Å². The number of benzene rings is 4. The zero-order valence-electron chi connectivity index (χ0n) is 23.6. The van der Waals surface area contributed by atoms with E-state index in [1.165, 1.54) is 0 Å². The van der Waals surface area contributed by atoms with E-state index in [-0.39, 0.29) is 0 Å². The molecule has 5 heteroatoms. The fourth-order valence-electron chi connectivity index (χ4n) is 5.21. The predicted octanol–water partition coefficient (Wildman–Crippen LogP) is 8.97. The van der Waals surface area contributed by atoms with Crippen molar-refractivity contribution in [3.8, 4) is 67.3 Å². The Hall–Kier alpha value is -5.81. The van der Waals surface area contributed by atoms with Gasteiger partial charge in [0, 0.05) is 35.9 Å². The molecule has 4 aromatic carbocycles. The minimum atomic E-state index is 0.657. The average Bonchev–Trinajstić information content (AvgIpc) is 3.09. The van der Waals surface area contributed by atoms with Crippen LogP contribution in [0, 0.1) is 6.92 Å². The smallest absolute Gasteiger partial charge is 0.163 e. The normalized spacial score (nSPS) is 10.9. The molecule has 0 fully saturated rings. The Morgan fingerprint density at radius 2 is 0.651 bits per heavy atom. The molecule has 0 N–H and O–H groups in total. The van der Waals surface area contributed by atoms with E-state index in [2.05, 4.69) is 94.9 Å². The van der Waals surface area contributed by atoms with Crippen LogP contribution >= 0.6 is 0 Å². The van der Waals surface area contributed by atoms with Gasteiger partial charge in [0.15, 0.2) is 11.6 Å². The summed E-state index contributed by atoms with van der Waals surface area (Å²) in [6.45, 7) is 1.91. The van der Waals surface area contributed by atoms with Crippen LogP contribution in [0.4, 0.5) is 0 Å². The number of nitrogens with zero attached hydrogens (tertiary/aromatic N) is 5. The van der Waals surface area contributed by atoms with Gasteiger partial charge in [0.05, 0.1) is 0 Å². The monoisotopic (exact) mass is 553 g/mol. The summed E-state index contributed by atoms with van der Waals surface area (Å²) in [6.07, 6.45) is 7.26. The lowest BCUT2D eigenvalue weighted by Crippen LogP contribution is -1.99. The molecule has 0 amide bonds. The van der Waals surface area contributed by atoms with Gasteiger partial charge in [0.25, 0.3) is 0 Å². The highest BCUT2D eigenvalue weighted by atomic mass is 15.0. The fourth-order valence-corrected chi connectivity index (χ4v) is 5.21. The molecule has 3 heterocycles. The summed E-state index contributed by atoms with van der Waals surface area (Å²) in [5, 5.41) is 0. The van der Waals surface area contributed by atoms with Gasteiger partial charge < -0.3 is 0 Å². The standard InChI is InChI=1S/C38H27N5/c1-26-41-37(35-6-2-4-33(24-35)29-12-8-27(9-13-29)31-16-20-39-21-17-31)43-38(42-26)36-7-3-5-34(25-36)30-14-10-28(11-15-30)32-18-22-40-23-19-32/h2-25H,1H3. The molecule has 0 unspecified atom stereocenters. The van der Waals surface area contributed by atoms with Crippen molar-refractivity contribution in [3.63, 3.8) is 0 Å². The van der Waals surface area contributed by atoms with Crippen molar-refractivity contribution in [1.82, 2.24) is 24.9 Å². The molecule has 0 aliphatic carbocycles. The Balaban J connectivity index is 1.17. The van der Waals surface area contributed by atoms with Gasteiger partial charge in [0.2, 0.25) is 0 Å². The second-order valence-corrected chi connectivity index (χ2v) is 10.3. The van der Waals surface area contributed by atoms with Crippen molar-refractivity contribution < 1.29 is 0 Å². The van der Waals surface area contributed by atoms with Crippen LogP contribution in [0.15, 0.2) is 146 Å². The first-order chi connectivity index (χ1) is 21.2. The average molecular weight is 554 g/mol. The summed E-state index contributed by atoms with van der Waals surface area (Å²) >= 11 is 0. The quantitative estimate of drug-likeness (QED) is 0.206. The molecular weight excluding hydrogens is 526 g/mol. The molecular formula is C38H27N5. The van der Waals surface area contributed by atoms with Gasteiger partial charge in [-0.05, 0) is 87.8 Å². The highest BCUT2D eigenvalue weighted by Crippen LogP contribution is 2.30. The Labute approximate surface area is 250 Å². The van der Waals surface area contributed by atoms with Crippen LogP contribution in [-0.2, 0) is 0 Å². The number of hydrogen-bond acceptors (Lipinski definition) is 5.